The van der Waals surface area contributed by atoms with Gasteiger partial charge >= 0.3 is 0 Å². The van der Waals surface area contributed by atoms with Gasteiger partial charge in [0, 0.05) is 53.1 Å². The molecule has 2 saturated heterocycles. The smallest absolute Gasteiger partial charge is 0.248 e. The average Bonchev–Trinajstić information content (AvgIpc) is 3.19. The van der Waals surface area contributed by atoms with E-state index in [0.29, 0.717) is 32.5 Å². The number of fused-ring (bicyclic) bond motifs is 1. The van der Waals surface area contributed by atoms with Crippen molar-refractivity contribution in [3.05, 3.63) is 29.3 Å². The summed E-state index contributed by atoms with van der Waals surface area (Å²) in [5.74, 6) is 0.170. The highest BCUT2D eigenvalue weighted by Crippen LogP contribution is 2.36. The first-order chi connectivity index (χ1) is 14.9. The lowest BCUT2D eigenvalue weighted by atomic mass is 9.83. The Kier molecular flexibility index (Phi) is 6.89. The molecule has 2 fully saturated rings. The van der Waals surface area contributed by atoms with Crippen molar-refractivity contribution < 1.29 is 19.1 Å². The molecule has 1 unspecified atom stereocenters. The Morgan fingerprint density at radius 2 is 2.06 bits per heavy atom. The van der Waals surface area contributed by atoms with E-state index in [1.54, 1.807) is 30.3 Å². The summed E-state index contributed by atoms with van der Waals surface area (Å²) < 4.78 is 13.2. The summed E-state index contributed by atoms with van der Waals surface area (Å²) in [4.78, 5) is 32.7. The number of aromatic nitrogens is 1. The van der Waals surface area contributed by atoms with E-state index in [1.807, 2.05) is 23.1 Å². The number of benzene rings is 1. The number of aryl methyl sites for hydroxylation is 1. The van der Waals surface area contributed by atoms with E-state index in [-0.39, 0.29) is 30.1 Å². The minimum absolute atomic E-state index is 0.0194. The number of carbonyl (C=O) groups is 2. The second-order valence-corrected chi connectivity index (χ2v) is 9.82. The van der Waals surface area contributed by atoms with Gasteiger partial charge in [0.05, 0.1) is 26.9 Å². The van der Waals surface area contributed by atoms with Crippen LogP contribution >= 0.6 is 11.3 Å². The summed E-state index contributed by atoms with van der Waals surface area (Å²) in [6.45, 7) is 2.18. The fourth-order valence-electron chi connectivity index (χ4n) is 4.35. The number of hydrogen-bond donors (Lipinski definition) is 0. The fourth-order valence-corrected chi connectivity index (χ4v) is 5.32. The zero-order valence-corrected chi connectivity index (χ0v) is 19.2. The lowest BCUT2D eigenvalue weighted by molar-refractivity contribution is -0.166. The third-order valence-electron chi connectivity index (χ3n) is 6.31. The number of piperidine rings is 1. The Balaban J connectivity index is 1.24. The normalized spacial score (nSPS) is 20.8. The zero-order valence-electron chi connectivity index (χ0n) is 18.3. The van der Waals surface area contributed by atoms with Crippen LogP contribution in [0.25, 0.3) is 10.2 Å². The van der Waals surface area contributed by atoms with Gasteiger partial charge in [0.15, 0.2) is 0 Å². The molecule has 0 N–H and O–H groups in total. The Morgan fingerprint density at radius 3 is 2.81 bits per heavy atom. The van der Waals surface area contributed by atoms with E-state index in [1.165, 1.54) is 4.70 Å². The minimum Gasteiger partial charge on any atom is -0.375 e. The molecule has 0 saturated carbocycles. The van der Waals surface area contributed by atoms with Crippen LogP contribution in [0.5, 0.6) is 0 Å². The van der Waals surface area contributed by atoms with E-state index in [0.717, 1.165) is 36.2 Å². The largest absolute Gasteiger partial charge is 0.375 e. The van der Waals surface area contributed by atoms with Crippen molar-refractivity contribution in [1.82, 2.24) is 14.8 Å². The molecule has 0 bridgehead atoms. The second kappa shape index (κ2) is 9.63. The highest BCUT2D eigenvalue weighted by atomic mass is 32.1. The molecule has 2 amide bonds. The van der Waals surface area contributed by atoms with Crippen LogP contribution in [0.1, 0.15) is 37.1 Å². The Morgan fingerprint density at radius 1 is 1.29 bits per heavy atom. The van der Waals surface area contributed by atoms with E-state index in [9.17, 15) is 9.59 Å². The van der Waals surface area contributed by atoms with Gasteiger partial charge in [-0.05, 0) is 31.4 Å². The van der Waals surface area contributed by atoms with Gasteiger partial charge in [0.1, 0.15) is 6.61 Å². The van der Waals surface area contributed by atoms with Crippen LogP contribution in [0.15, 0.2) is 24.3 Å². The van der Waals surface area contributed by atoms with Gasteiger partial charge in [-0.25, -0.2) is 4.98 Å². The van der Waals surface area contributed by atoms with Crippen LogP contribution in [0.4, 0.5) is 0 Å². The highest BCUT2D eigenvalue weighted by molar-refractivity contribution is 7.18. The van der Waals surface area contributed by atoms with Crippen molar-refractivity contribution in [1.29, 1.82) is 0 Å². The fraction of sp³-hybridized carbons (Fsp3) is 0.609. The maximum absolute atomic E-state index is 12.8. The number of thiazole rings is 1. The average molecular weight is 446 g/mol. The van der Waals surface area contributed by atoms with Crippen molar-refractivity contribution in [2.75, 3.05) is 40.4 Å². The molecular weight excluding hydrogens is 414 g/mol. The van der Waals surface area contributed by atoms with Crippen LogP contribution in [0, 0.1) is 0 Å². The number of likely N-dealkylation sites (tertiary alicyclic amines) is 1. The Labute approximate surface area is 187 Å². The van der Waals surface area contributed by atoms with Crippen LogP contribution in [0.3, 0.4) is 0 Å². The molecule has 168 valence electrons. The van der Waals surface area contributed by atoms with Crippen LogP contribution in [-0.2, 0) is 25.5 Å². The summed E-state index contributed by atoms with van der Waals surface area (Å²) in [6, 6.07) is 8.09. The molecule has 3 heterocycles. The van der Waals surface area contributed by atoms with Crippen molar-refractivity contribution in [3.63, 3.8) is 0 Å². The lowest BCUT2D eigenvalue weighted by Gasteiger charge is -2.46. The van der Waals surface area contributed by atoms with Gasteiger partial charge in [0.2, 0.25) is 11.8 Å². The summed E-state index contributed by atoms with van der Waals surface area (Å²) >= 11 is 1.67. The predicted molar refractivity (Wildman–Crippen MR) is 120 cm³/mol. The van der Waals surface area contributed by atoms with E-state index in [2.05, 4.69) is 11.1 Å². The maximum Gasteiger partial charge on any atom is 0.248 e. The van der Waals surface area contributed by atoms with E-state index < -0.39 is 0 Å². The molecule has 7 nitrogen and oxygen atoms in total. The molecule has 2 aliphatic heterocycles. The molecule has 1 spiro atoms. The number of likely N-dealkylation sites (N-methyl/N-ethyl adjacent to an activating group) is 1. The SMILES string of the molecule is CN(C)C(=O)COC1CCOC2(CCN(C(=O)CCc3nc4ccccc4s3)CC2)C1. The van der Waals surface area contributed by atoms with Gasteiger partial charge < -0.3 is 19.3 Å². The van der Waals surface area contributed by atoms with Gasteiger partial charge in [-0.3, -0.25) is 9.59 Å². The lowest BCUT2D eigenvalue weighted by Crippen LogP contribution is -2.52. The van der Waals surface area contributed by atoms with Gasteiger partial charge in [0.25, 0.3) is 0 Å². The van der Waals surface area contributed by atoms with Crippen LogP contribution in [0.2, 0.25) is 0 Å². The van der Waals surface area contributed by atoms with Gasteiger partial charge in [-0.15, -0.1) is 11.3 Å². The molecule has 31 heavy (non-hydrogen) atoms. The van der Waals surface area contributed by atoms with Crippen molar-refractivity contribution in [2.45, 2.75) is 50.2 Å². The zero-order chi connectivity index (χ0) is 21.8. The molecule has 1 atom stereocenters. The number of hydrogen-bond acceptors (Lipinski definition) is 6. The molecule has 0 radical (unpaired) electrons. The molecule has 2 aromatic rings. The third kappa shape index (κ3) is 5.42. The third-order valence-corrected chi connectivity index (χ3v) is 7.40. The summed E-state index contributed by atoms with van der Waals surface area (Å²) in [5.41, 5.74) is 0.779. The summed E-state index contributed by atoms with van der Waals surface area (Å²) in [7, 11) is 3.47. The molecule has 1 aromatic heterocycles. The number of para-hydroxylation sites is 1. The number of rotatable bonds is 6. The van der Waals surface area contributed by atoms with Crippen molar-refractivity contribution in [3.8, 4) is 0 Å². The van der Waals surface area contributed by atoms with Crippen LogP contribution in [-0.4, -0.2) is 78.7 Å². The quantitative estimate of drug-likeness (QED) is 0.684. The molecular formula is C23H31N3O4S. The molecule has 0 aliphatic carbocycles. The number of amides is 2. The Hall–Kier alpha value is -2.03. The van der Waals surface area contributed by atoms with E-state index in [4.69, 9.17) is 9.47 Å². The summed E-state index contributed by atoms with van der Waals surface area (Å²) in [5, 5.41) is 1.02. The molecule has 1 aromatic carbocycles. The Bertz CT molecular complexity index is 887. The molecule has 2 aliphatic rings. The maximum atomic E-state index is 12.8. The second-order valence-electron chi connectivity index (χ2n) is 8.70. The first-order valence-electron chi connectivity index (χ1n) is 11.0. The number of carbonyl (C=O) groups excluding carboxylic acids is 2. The number of ether oxygens (including phenoxy) is 2. The topological polar surface area (TPSA) is 72.0 Å². The van der Waals surface area contributed by atoms with Crippen molar-refractivity contribution in [2.24, 2.45) is 0 Å². The van der Waals surface area contributed by atoms with E-state index >= 15 is 0 Å². The first-order valence-corrected chi connectivity index (χ1v) is 11.8. The standard InChI is InChI=1S/C23H31N3O4S/c1-25(2)22(28)16-29-17-9-14-30-23(15-17)10-12-26(13-11-23)21(27)8-7-20-24-18-5-3-4-6-19(18)31-20/h3-6,17H,7-16H2,1-2H3. The highest BCUT2D eigenvalue weighted by Gasteiger charge is 2.41. The summed E-state index contributed by atoms with van der Waals surface area (Å²) in [6.07, 6.45) is 4.47. The first kappa shape index (κ1) is 22.2. The van der Waals surface area contributed by atoms with Crippen molar-refractivity contribution >= 4 is 33.4 Å². The van der Waals surface area contributed by atoms with Gasteiger partial charge in [-0.1, -0.05) is 12.1 Å². The number of nitrogens with zero attached hydrogens (tertiary/aromatic N) is 3. The molecule has 8 heteroatoms. The van der Waals surface area contributed by atoms with Crippen LogP contribution < -0.4 is 0 Å². The van der Waals surface area contributed by atoms with Gasteiger partial charge in [-0.2, -0.15) is 0 Å². The molecule has 4 rings (SSSR count). The predicted octanol–water partition coefficient (Wildman–Crippen LogP) is 2.87. The monoisotopic (exact) mass is 445 g/mol. The minimum atomic E-state index is -0.228.